The summed E-state index contributed by atoms with van der Waals surface area (Å²) < 4.78 is 36.7. The first-order valence-corrected chi connectivity index (χ1v) is 10.5. The van der Waals surface area contributed by atoms with Gasteiger partial charge in [0.2, 0.25) is 15.9 Å². The van der Waals surface area contributed by atoms with Crippen LogP contribution in [-0.2, 0) is 14.8 Å². The third-order valence-electron chi connectivity index (χ3n) is 4.44. The molecule has 1 atom stereocenters. The third-order valence-corrected chi connectivity index (χ3v) is 5.67. The fraction of sp³-hybridized carbons (Fsp3) is 0.350. The summed E-state index contributed by atoms with van der Waals surface area (Å²) in [6.45, 7) is 5.29. The largest absolute Gasteiger partial charge is 0.497 e. The lowest BCUT2D eigenvalue weighted by Gasteiger charge is -2.30. The topological polar surface area (TPSA) is 84.9 Å². The predicted molar refractivity (Wildman–Crippen MR) is 111 cm³/mol. The average molecular weight is 407 g/mol. The standard InChI is InChI=1S/C20H26N2O5S/c1-13-8-7-9-14(2)19(13)21-20(23)15(3)22(28(6,24)25)17-12-16(26-4)10-11-18(17)27-5/h7-12,15H,1-6H3,(H,21,23). The second-order valence-electron chi connectivity index (χ2n) is 6.53. The first-order chi connectivity index (χ1) is 13.1. The second kappa shape index (κ2) is 8.52. The summed E-state index contributed by atoms with van der Waals surface area (Å²) in [6, 6.07) is 9.43. The number of carbonyl (C=O) groups is 1. The number of benzene rings is 2. The summed E-state index contributed by atoms with van der Waals surface area (Å²) in [5, 5.41) is 2.85. The van der Waals surface area contributed by atoms with Crippen LogP contribution in [-0.4, -0.2) is 40.8 Å². The van der Waals surface area contributed by atoms with E-state index < -0.39 is 22.0 Å². The van der Waals surface area contributed by atoms with E-state index in [1.165, 1.54) is 27.2 Å². The van der Waals surface area contributed by atoms with Crippen molar-refractivity contribution in [3.63, 3.8) is 0 Å². The smallest absolute Gasteiger partial charge is 0.248 e. The van der Waals surface area contributed by atoms with Gasteiger partial charge in [-0.05, 0) is 44.0 Å². The number of nitrogens with one attached hydrogen (secondary N) is 1. The number of ether oxygens (including phenoxy) is 2. The molecule has 0 aliphatic rings. The SMILES string of the molecule is COc1ccc(OC)c(N(C(C)C(=O)Nc2c(C)cccc2C)S(C)(=O)=O)c1. The number of sulfonamides is 1. The van der Waals surface area contributed by atoms with Gasteiger partial charge in [0.1, 0.15) is 17.5 Å². The molecule has 0 spiro atoms. The summed E-state index contributed by atoms with van der Waals surface area (Å²) in [4.78, 5) is 12.9. The lowest BCUT2D eigenvalue weighted by atomic mass is 10.1. The van der Waals surface area contributed by atoms with E-state index in [0.29, 0.717) is 17.2 Å². The Hall–Kier alpha value is -2.74. The molecule has 2 aromatic carbocycles. The van der Waals surface area contributed by atoms with E-state index >= 15 is 0 Å². The molecule has 0 aromatic heterocycles. The number of aryl methyl sites for hydroxylation is 2. The van der Waals surface area contributed by atoms with Crippen molar-refractivity contribution < 1.29 is 22.7 Å². The van der Waals surface area contributed by atoms with Crippen LogP contribution < -0.4 is 19.1 Å². The molecular weight excluding hydrogens is 380 g/mol. The number of amides is 1. The lowest BCUT2D eigenvalue weighted by molar-refractivity contribution is -0.116. The normalized spacial score (nSPS) is 12.2. The molecule has 1 unspecified atom stereocenters. The van der Waals surface area contributed by atoms with Gasteiger partial charge in [-0.2, -0.15) is 0 Å². The Labute approximate surface area is 166 Å². The highest BCUT2D eigenvalue weighted by atomic mass is 32.2. The summed E-state index contributed by atoms with van der Waals surface area (Å²) in [6.07, 6.45) is 1.05. The van der Waals surface area contributed by atoms with Crippen molar-refractivity contribution in [1.29, 1.82) is 0 Å². The number of anilines is 2. The zero-order valence-electron chi connectivity index (χ0n) is 16.9. The molecule has 0 bridgehead atoms. The first kappa shape index (κ1) is 21.6. The molecule has 0 aliphatic heterocycles. The Balaban J connectivity index is 2.48. The van der Waals surface area contributed by atoms with Gasteiger partial charge in [-0.1, -0.05) is 18.2 Å². The molecule has 1 amide bonds. The van der Waals surface area contributed by atoms with Crippen LogP contribution in [0, 0.1) is 13.8 Å². The van der Waals surface area contributed by atoms with Crippen LogP contribution >= 0.6 is 0 Å². The first-order valence-electron chi connectivity index (χ1n) is 8.68. The molecule has 152 valence electrons. The van der Waals surface area contributed by atoms with Crippen LogP contribution in [0.25, 0.3) is 0 Å². The monoisotopic (exact) mass is 406 g/mol. The molecule has 0 saturated heterocycles. The van der Waals surface area contributed by atoms with E-state index in [4.69, 9.17) is 9.47 Å². The van der Waals surface area contributed by atoms with Crippen LogP contribution in [0.15, 0.2) is 36.4 Å². The molecular formula is C20H26N2O5S. The Bertz CT molecular complexity index is 952. The van der Waals surface area contributed by atoms with Crippen LogP contribution in [0.5, 0.6) is 11.5 Å². The van der Waals surface area contributed by atoms with Crippen molar-refractivity contribution in [3.8, 4) is 11.5 Å². The molecule has 0 aliphatic carbocycles. The highest BCUT2D eigenvalue weighted by Crippen LogP contribution is 2.35. The van der Waals surface area contributed by atoms with Crippen LogP contribution in [0.3, 0.4) is 0 Å². The van der Waals surface area contributed by atoms with E-state index in [-0.39, 0.29) is 5.69 Å². The Morgan fingerprint density at radius 3 is 2.18 bits per heavy atom. The molecule has 0 fully saturated rings. The van der Waals surface area contributed by atoms with Crippen molar-refractivity contribution in [2.24, 2.45) is 0 Å². The lowest BCUT2D eigenvalue weighted by Crippen LogP contribution is -2.45. The number of methoxy groups -OCH3 is 2. The third kappa shape index (κ3) is 4.56. The van der Waals surface area contributed by atoms with E-state index in [2.05, 4.69) is 5.32 Å². The second-order valence-corrected chi connectivity index (χ2v) is 8.39. The van der Waals surface area contributed by atoms with Gasteiger partial charge in [-0.3, -0.25) is 9.10 Å². The maximum Gasteiger partial charge on any atom is 0.248 e. The Morgan fingerprint density at radius 2 is 1.68 bits per heavy atom. The maximum absolute atomic E-state index is 12.9. The Kier molecular flexibility index (Phi) is 6.56. The van der Waals surface area contributed by atoms with Gasteiger partial charge >= 0.3 is 0 Å². The van der Waals surface area contributed by atoms with Gasteiger partial charge in [0.15, 0.2) is 0 Å². The number of nitrogens with zero attached hydrogens (tertiary/aromatic N) is 1. The van der Waals surface area contributed by atoms with Gasteiger partial charge in [-0.15, -0.1) is 0 Å². The summed E-state index contributed by atoms with van der Waals surface area (Å²) >= 11 is 0. The molecule has 28 heavy (non-hydrogen) atoms. The predicted octanol–water partition coefficient (Wildman–Crippen LogP) is 3.11. The van der Waals surface area contributed by atoms with Crippen molar-refractivity contribution in [2.75, 3.05) is 30.1 Å². The average Bonchev–Trinajstić information content (AvgIpc) is 2.63. The van der Waals surface area contributed by atoms with Crippen molar-refractivity contribution in [1.82, 2.24) is 0 Å². The zero-order chi connectivity index (χ0) is 21.1. The van der Waals surface area contributed by atoms with Crippen LogP contribution in [0.2, 0.25) is 0 Å². The van der Waals surface area contributed by atoms with Gasteiger partial charge < -0.3 is 14.8 Å². The molecule has 7 nitrogen and oxygen atoms in total. The number of rotatable bonds is 7. The van der Waals surface area contributed by atoms with Crippen LogP contribution in [0.1, 0.15) is 18.1 Å². The molecule has 1 N–H and O–H groups in total. The highest BCUT2D eigenvalue weighted by molar-refractivity contribution is 7.92. The van der Waals surface area contributed by atoms with Crippen molar-refractivity contribution in [2.45, 2.75) is 26.8 Å². The molecule has 0 radical (unpaired) electrons. The molecule has 2 aromatic rings. The van der Waals surface area contributed by atoms with Gasteiger partial charge in [0.25, 0.3) is 0 Å². The minimum atomic E-state index is -3.80. The number of hydrogen-bond acceptors (Lipinski definition) is 5. The van der Waals surface area contributed by atoms with Gasteiger partial charge in [-0.25, -0.2) is 8.42 Å². The van der Waals surface area contributed by atoms with E-state index in [0.717, 1.165) is 21.7 Å². The zero-order valence-corrected chi connectivity index (χ0v) is 17.8. The molecule has 8 heteroatoms. The van der Waals surface area contributed by atoms with E-state index in [9.17, 15) is 13.2 Å². The fourth-order valence-electron chi connectivity index (χ4n) is 2.99. The summed E-state index contributed by atoms with van der Waals surface area (Å²) in [5.41, 5.74) is 2.69. The summed E-state index contributed by atoms with van der Waals surface area (Å²) in [7, 11) is -0.878. The van der Waals surface area contributed by atoms with Crippen molar-refractivity contribution >= 4 is 27.3 Å². The van der Waals surface area contributed by atoms with E-state index in [1.807, 2.05) is 32.0 Å². The number of para-hydroxylation sites is 1. The van der Waals surface area contributed by atoms with Crippen LogP contribution in [0.4, 0.5) is 11.4 Å². The quantitative estimate of drug-likeness (QED) is 0.764. The summed E-state index contributed by atoms with van der Waals surface area (Å²) in [5.74, 6) is 0.317. The molecule has 2 rings (SSSR count). The number of carbonyl (C=O) groups excluding carboxylic acids is 1. The maximum atomic E-state index is 12.9. The van der Waals surface area contributed by atoms with E-state index in [1.54, 1.807) is 12.1 Å². The Morgan fingerprint density at radius 1 is 1.07 bits per heavy atom. The van der Waals surface area contributed by atoms with Crippen molar-refractivity contribution in [3.05, 3.63) is 47.5 Å². The number of hydrogen-bond donors (Lipinski definition) is 1. The molecule has 0 saturated carbocycles. The fourth-order valence-corrected chi connectivity index (χ4v) is 4.16. The molecule has 0 heterocycles. The van der Waals surface area contributed by atoms with Gasteiger partial charge in [0.05, 0.1) is 26.2 Å². The minimum absolute atomic E-state index is 0.230. The van der Waals surface area contributed by atoms with Gasteiger partial charge in [0, 0.05) is 11.8 Å². The minimum Gasteiger partial charge on any atom is -0.497 e. The highest BCUT2D eigenvalue weighted by Gasteiger charge is 2.32.